The zero-order chi connectivity index (χ0) is 28.5. The van der Waals surface area contributed by atoms with E-state index in [9.17, 15) is 30.6 Å². The predicted octanol–water partition coefficient (Wildman–Crippen LogP) is 5.20. The van der Waals surface area contributed by atoms with Crippen molar-refractivity contribution in [3.05, 3.63) is 57.6 Å². The summed E-state index contributed by atoms with van der Waals surface area (Å²) < 4.78 is 0. The summed E-state index contributed by atoms with van der Waals surface area (Å²) in [6.07, 6.45) is 5.02. The van der Waals surface area contributed by atoms with Crippen LogP contribution in [0.5, 0.6) is 11.5 Å². The monoisotopic (exact) mass is 530 g/mol. The second kappa shape index (κ2) is 14.3. The molecule has 0 atom stereocenters. The normalized spacial score (nSPS) is 12.5. The molecule has 214 valence electrons. The first-order valence-electron chi connectivity index (χ1n) is 14.1. The van der Waals surface area contributed by atoms with E-state index < -0.39 is 10.8 Å². The molecule has 0 aromatic heterocycles. The van der Waals surface area contributed by atoms with Crippen LogP contribution in [0.3, 0.4) is 0 Å². The van der Waals surface area contributed by atoms with Gasteiger partial charge in [-0.1, -0.05) is 65.3 Å². The minimum atomic E-state index is -0.473. The molecule has 0 amide bonds. The third-order valence-corrected chi connectivity index (χ3v) is 7.91. The molecule has 2 rings (SSSR count). The van der Waals surface area contributed by atoms with Crippen molar-refractivity contribution in [2.45, 2.75) is 103 Å². The van der Waals surface area contributed by atoms with Crippen LogP contribution >= 0.6 is 0 Å². The molecular formula is C32H50O6. The van der Waals surface area contributed by atoms with Gasteiger partial charge in [-0.15, -0.1) is 0 Å². The fourth-order valence-electron chi connectivity index (χ4n) is 5.45. The molecule has 0 aliphatic heterocycles. The first-order valence-corrected chi connectivity index (χ1v) is 14.1. The number of hydrogen-bond donors (Lipinski definition) is 6. The molecule has 38 heavy (non-hydrogen) atoms. The molecule has 6 heteroatoms. The highest BCUT2D eigenvalue weighted by molar-refractivity contribution is 5.56. The Labute approximate surface area is 229 Å². The highest BCUT2D eigenvalue weighted by Crippen LogP contribution is 2.47. The van der Waals surface area contributed by atoms with Crippen molar-refractivity contribution in [3.8, 4) is 11.5 Å². The fraction of sp³-hybridized carbons (Fsp3) is 0.625. The van der Waals surface area contributed by atoms with E-state index in [1.165, 1.54) is 0 Å². The zero-order valence-corrected chi connectivity index (χ0v) is 24.1. The minimum Gasteiger partial charge on any atom is -0.507 e. The largest absolute Gasteiger partial charge is 0.507 e. The molecule has 2 aromatic rings. The number of aliphatic hydroxyl groups is 4. The highest BCUT2D eigenvalue weighted by Gasteiger charge is 2.32. The quantitative estimate of drug-likeness (QED) is 0.177. The number of phenolic OH excluding ortho intramolecular Hbond substituents is 2. The first kappa shape index (κ1) is 32.1. The van der Waals surface area contributed by atoms with Crippen LogP contribution < -0.4 is 0 Å². The van der Waals surface area contributed by atoms with Gasteiger partial charge in [-0.05, 0) is 66.9 Å². The van der Waals surface area contributed by atoms with E-state index in [0.717, 1.165) is 39.8 Å². The second-order valence-corrected chi connectivity index (χ2v) is 11.9. The summed E-state index contributed by atoms with van der Waals surface area (Å²) in [5.74, 6) is 0.0902. The Morgan fingerprint density at radius 2 is 1.03 bits per heavy atom. The fourth-order valence-corrected chi connectivity index (χ4v) is 5.45. The maximum absolute atomic E-state index is 11.7. The number of aliphatic hydroxyl groups excluding tert-OH is 4. The Kier molecular flexibility index (Phi) is 12.1. The van der Waals surface area contributed by atoms with E-state index in [4.69, 9.17) is 0 Å². The van der Waals surface area contributed by atoms with Gasteiger partial charge in [0.15, 0.2) is 0 Å². The Hall–Kier alpha value is -2.12. The van der Waals surface area contributed by atoms with E-state index >= 15 is 0 Å². The summed E-state index contributed by atoms with van der Waals surface area (Å²) in [6, 6.07) is 7.98. The standard InChI is InChI=1S/C32H50O6/c1-6-9-24(25-18-22(10-7-14-33)20-27(29(25)37)31(2,3)12-16-35)26-19-23(11-8-15-34)21-28(30(26)38)32(4,5)13-17-36/h18-21,24,33-38H,6-17H2,1-5H3. The van der Waals surface area contributed by atoms with Crippen molar-refractivity contribution in [1.29, 1.82) is 0 Å². The van der Waals surface area contributed by atoms with Crippen molar-refractivity contribution in [2.75, 3.05) is 26.4 Å². The van der Waals surface area contributed by atoms with Crippen LogP contribution in [-0.2, 0) is 23.7 Å². The van der Waals surface area contributed by atoms with Gasteiger partial charge in [0.25, 0.3) is 0 Å². The average molecular weight is 531 g/mol. The van der Waals surface area contributed by atoms with Crippen LogP contribution in [0.4, 0.5) is 0 Å². The smallest absolute Gasteiger partial charge is 0.123 e. The molecule has 0 saturated carbocycles. The van der Waals surface area contributed by atoms with E-state index in [0.29, 0.717) is 44.9 Å². The van der Waals surface area contributed by atoms with Crippen LogP contribution in [0, 0.1) is 0 Å². The van der Waals surface area contributed by atoms with Gasteiger partial charge in [0.2, 0.25) is 0 Å². The summed E-state index contributed by atoms with van der Waals surface area (Å²) in [4.78, 5) is 0. The molecule has 6 nitrogen and oxygen atoms in total. The molecule has 0 saturated heterocycles. The molecule has 2 aromatic carbocycles. The minimum absolute atomic E-state index is 0.00196. The zero-order valence-electron chi connectivity index (χ0n) is 24.1. The molecule has 0 aliphatic carbocycles. The summed E-state index contributed by atoms with van der Waals surface area (Å²) in [7, 11) is 0. The van der Waals surface area contributed by atoms with E-state index in [-0.39, 0.29) is 43.8 Å². The molecule has 0 spiro atoms. The van der Waals surface area contributed by atoms with E-state index in [1.54, 1.807) is 0 Å². The third kappa shape index (κ3) is 7.72. The van der Waals surface area contributed by atoms with Gasteiger partial charge in [0.1, 0.15) is 11.5 Å². The number of rotatable bonds is 16. The first-order chi connectivity index (χ1) is 18.0. The van der Waals surface area contributed by atoms with Crippen LogP contribution in [0.2, 0.25) is 0 Å². The van der Waals surface area contributed by atoms with Gasteiger partial charge in [-0.3, -0.25) is 0 Å². The third-order valence-electron chi connectivity index (χ3n) is 7.91. The maximum Gasteiger partial charge on any atom is 0.123 e. The Balaban J connectivity index is 2.86. The van der Waals surface area contributed by atoms with Gasteiger partial charge in [0.05, 0.1) is 0 Å². The van der Waals surface area contributed by atoms with Crippen molar-refractivity contribution in [3.63, 3.8) is 0 Å². The van der Waals surface area contributed by atoms with Gasteiger partial charge < -0.3 is 30.6 Å². The molecule has 6 N–H and O–H groups in total. The maximum atomic E-state index is 11.7. The summed E-state index contributed by atoms with van der Waals surface area (Å²) in [6.45, 7) is 10.3. The van der Waals surface area contributed by atoms with Crippen LogP contribution in [0.15, 0.2) is 24.3 Å². The number of hydrogen-bond acceptors (Lipinski definition) is 6. The lowest BCUT2D eigenvalue weighted by atomic mass is 9.74. The molecule has 0 radical (unpaired) electrons. The van der Waals surface area contributed by atoms with Gasteiger partial charge >= 0.3 is 0 Å². The lowest BCUT2D eigenvalue weighted by Gasteiger charge is -2.31. The molecular weight excluding hydrogens is 480 g/mol. The van der Waals surface area contributed by atoms with Crippen LogP contribution in [0.25, 0.3) is 0 Å². The lowest BCUT2D eigenvalue weighted by Crippen LogP contribution is -2.21. The second-order valence-electron chi connectivity index (χ2n) is 11.9. The average Bonchev–Trinajstić information content (AvgIpc) is 2.86. The molecule has 0 fully saturated rings. The molecule has 0 unspecified atom stereocenters. The SMILES string of the molecule is CCCC(c1cc(CCCO)cc(C(C)(C)CCO)c1O)c1cc(CCCO)cc(C(C)(C)CCO)c1O. The number of aryl methyl sites for hydroxylation is 2. The highest BCUT2D eigenvalue weighted by atomic mass is 16.3. The van der Waals surface area contributed by atoms with E-state index in [2.05, 4.69) is 6.92 Å². The van der Waals surface area contributed by atoms with Gasteiger partial charge in [-0.2, -0.15) is 0 Å². The van der Waals surface area contributed by atoms with Crippen molar-refractivity contribution < 1.29 is 30.6 Å². The Morgan fingerprint density at radius 3 is 1.34 bits per heavy atom. The molecule has 0 bridgehead atoms. The van der Waals surface area contributed by atoms with Crippen molar-refractivity contribution in [1.82, 2.24) is 0 Å². The number of phenols is 2. The summed E-state index contributed by atoms with van der Waals surface area (Å²) in [5, 5.41) is 61.8. The predicted molar refractivity (Wildman–Crippen MR) is 153 cm³/mol. The number of benzene rings is 2. The van der Waals surface area contributed by atoms with Crippen molar-refractivity contribution >= 4 is 0 Å². The lowest BCUT2D eigenvalue weighted by molar-refractivity contribution is 0.249. The Morgan fingerprint density at radius 1 is 0.632 bits per heavy atom. The Bertz CT molecular complexity index is 948. The molecule has 0 aliphatic rings. The van der Waals surface area contributed by atoms with Gasteiger partial charge in [-0.25, -0.2) is 0 Å². The van der Waals surface area contributed by atoms with Crippen LogP contribution in [0.1, 0.15) is 112 Å². The van der Waals surface area contributed by atoms with Gasteiger partial charge in [0, 0.05) is 54.6 Å². The summed E-state index contributed by atoms with van der Waals surface area (Å²) in [5.41, 5.74) is 4.06. The summed E-state index contributed by atoms with van der Waals surface area (Å²) >= 11 is 0. The van der Waals surface area contributed by atoms with Crippen molar-refractivity contribution in [2.24, 2.45) is 0 Å². The van der Waals surface area contributed by atoms with E-state index in [1.807, 2.05) is 52.0 Å². The molecule has 0 heterocycles. The topological polar surface area (TPSA) is 121 Å². The number of aromatic hydroxyl groups is 2. The van der Waals surface area contributed by atoms with Crippen LogP contribution in [-0.4, -0.2) is 57.1 Å².